The molecule has 8 rings (SSSR count). The van der Waals surface area contributed by atoms with Crippen LogP contribution >= 0.6 is 11.3 Å². The molecule has 1 saturated carbocycles. The van der Waals surface area contributed by atoms with Gasteiger partial charge in [-0.3, -0.25) is 29.3 Å². The first-order valence-corrected chi connectivity index (χ1v) is 20.4. The predicted molar refractivity (Wildman–Crippen MR) is 218 cm³/mol. The van der Waals surface area contributed by atoms with Crippen molar-refractivity contribution in [2.45, 2.75) is 70.3 Å². The van der Waals surface area contributed by atoms with E-state index >= 15 is 0 Å². The van der Waals surface area contributed by atoms with Gasteiger partial charge in [-0.1, -0.05) is 25.0 Å². The molecule has 58 heavy (non-hydrogen) atoms. The summed E-state index contributed by atoms with van der Waals surface area (Å²) in [6, 6.07) is 16.4. The molecule has 1 unspecified atom stereocenters. The van der Waals surface area contributed by atoms with E-state index in [2.05, 4.69) is 30.8 Å². The Morgan fingerprint density at radius 3 is 2.52 bits per heavy atom. The second-order valence-electron chi connectivity index (χ2n) is 15.0. The fraction of sp³-hybridized carbons (Fsp3) is 0.357. The predicted octanol–water partition coefficient (Wildman–Crippen LogP) is 4.91. The van der Waals surface area contributed by atoms with Gasteiger partial charge >= 0.3 is 0 Å². The molecule has 0 bridgehead atoms. The van der Waals surface area contributed by atoms with Crippen molar-refractivity contribution in [3.05, 3.63) is 99.0 Å². The number of carbonyl (C=O) groups excluding carboxylic acids is 5. The maximum Gasteiger partial charge on any atom is 0.270 e. The minimum absolute atomic E-state index is 0.0539. The quantitative estimate of drug-likeness (QED) is 0.0891. The smallest absolute Gasteiger partial charge is 0.270 e. The van der Waals surface area contributed by atoms with Gasteiger partial charge in [-0.2, -0.15) is 4.98 Å². The molecular formula is C42H45N9O6S. The number of imide groups is 1. The molecule has 1 saturated heterocycles. The number of hydrogen-bond acceptors (Lipinski definition) is 11. The number of hydrogen-bond donors (Lipinski definition) is 4. The fourth-order valence-electron chi connectivity index (χ4n) is 7.80. The SMILES string of the molecule is CN(C)C(=O)c1cc2cnc(Nc3ccc(C(=O)NCCNCc4ccc(OCc5scc6c5CN(C5CCC(=O)NC5=O)C6=O)cc4)cc3)nc2n1C1CCCC1. The number of thiophene rings is 1. The number of amides is 5. The van der Waals surface area contributed by atoms with Gasteiger partial charge < -0.3 is 35.1 Å². The van der Waals surface area contributed by atoms with Crippen molar-refractivity contribution in [1.29, 1.82) is 0 Å². The van der Waals surface area contributed by atoms with E-state index in [9.17, 15) is 24.0 Å². The van der Waals surface area contributed by atoms with Crippen LogP contribution < -0.4 is 26.0 Å². The van der Waals surface area contributed by atoms with E-state index in [1.165, 1.54) is 11.3 Å². The number of fused-ring (bicyclic) bond motifs is 2. The zero-order valence-corrected chi connectivity index (χ0v) is 33.2. The molecule has 3 aliphatic rings. The molecule has 5 heterocycles. The number of nitrogens with one attached hydrogen (secondary N) is 4. The van der Waals surface area contributed by atoms with Crippen LogP contribution in [0.4, 0.5) is 11.6 Å². The molecule has 0 radical (unpaired) electrons. The summed E-state index contributed by atoms with van der Waals surface area (Å²) in [5.41, 5.74) is 5.17. The summed E-state index contributed by atoms with van der Waals surface area (Å²) in [6.07, 6.45) is 6.58. The van der Waals surface area contributed by atoms with E-state index in [0.29, 0.717) is 67.7 Å². The van der Waals surface area contributed by atoms with Crippen molar-refractivity contribution < 1.29 is 28.7 Å². The van der Waals surface area contributed by atoms with Crippen molar-refractivity contribution in [3.63, 3.8) is 0 Å². The monoisotopic (exact) mass is 803 g/mol. The van der Waals surface area contributed by atoms with Crippen LogP contribution in [0.2, 0.25) is 0 Å². The summed E-state index contributed by atoms with van der Waals surface area (Å²) in [6.45, 7) is 2.26. The first-order valence-electron chi connectivity index (χ1n) is 19.5. The van der Waals surface area contributed by atoms with E-state index in [1.807, 2.05) is 47.8 Å². The fourth-order valence-corrected chi connectivity index (χ4v) is 8.75. The highest BCUT2D eigenvalue weighted by Crippen LogP contribution is 2.36. The van der Waals surface area contributed by atoms with Crippen LogP contribution in [0.25, 0.3) is 11.0 Å². The van der Waals surface area contributed by atoms with Gasteiger partial charge in [0.2, 0.25) is 17.8 Å². The van der Waals surface area contributed by atoms with Crippen molar-refractivity contribution in [2.75, 3.05) is 32.5 Å². The lowest BCUT2D eigenvalue weighted by molar-refractivity contribution is -0.136. The lowest BCUT2D eigenvalue weighted by Gasteiger charge is -2.29. The first-order chi connectivity index (χ1) is 28.1. The van der Waals surface area contributed by atoms with Gasteiger partial charge in [-0.05, 0) is 67.3 Å². The lowest BCUT2D eigenvalue weighted by Crippen LogP contribution is -2.52. The van der Waals surface area contributed by atoms with E-state index in [-0.39, 0.29) is 36.1 Å². The third-order valence-corrected chi connectivity index (χ3v) is 11.9. The number of ether oxygens (including phenoxy) is 1. The normalized spacial score (nSPS) is 16.8. The molecule has 5 amide bonds. The van der Waals surface area contributed by atoms with Gasteiger partial charge in [0, 0.05) is 91.4 Å². The Morgan fingerprint density at radius 2 is 1.78 bits per heavy atom. The van der Waals surface area contributed by atoms with Gasteiger partial charge in [0.25, 0.3) is 17.7 Å². The molecule has 0 spiro atoms. The minimum atomic E-state index is -0.641. The molecule has 4 N–H and O–H groups in total. The summed E-state index contributed by atoms with van der Waals surface area (Å²) in [4.78, 5) is 76.2. The van der Waals surface area contributed by atoms with Gasteiger partial charge in [-0.15, -0.1) is 11.3 Å². The zero-order chi connectivity index (χ0) is 40.3. The number of carbonyl (C=O) groups is 5. The average Bonchev–Trinajstić information content (AvgIpc) is 4.03. The Labute approximate surface area is 339 Å². The van der Waals surface area contributed by atoms with Crippen LogP contribution in [0.3, 0.4) is 0 Å². The third-order valence-electron chi connectivity index (χ3n) is 10.9. The standard InChI is InChI=1S/C42H45N9O6S/c1-49(2)41(56)34-19-27-21-45-42(48-37(27)51(34)29-5-3-4-6-29)46-28-11-9-26(10-12-28)38(53)44-18-17-43-20-25-7-13-30(14-8-25)57-23-35-31-22-50(40(55)32(31)24-58-35)33-15-16-36(52)47-39(33)54/h7-14,19,21,24,29,33,43H,3-6,15-18,20,22-23H2,1-2H3,(H,44,53)(H,45,46,48)(H,47,52,54). The lowest BCUT2D eigenvalue weighted by atomic mass is 10.0. The van der Waals surface area contributed by atoms with E-state index in [0.717, 1.165) is 58.4 Å². The molecule has 1 aliphatic carbocycles. The maximum atomic E-state index is 13.0. The molecule has 2 aromatic carbocycles. The van der Waals surface area contributed by atoms with Gasteiger partial charge in [0.05, 0.1) is 5.56 Å². The summed E-state index contributed by atoms with van der Waals surface area (Å²) >= 11 is 1.47. The summed E-state index contributed by atoms with van der Waals surface area (Å²) in [5, 5.41) is 14.5. The molecule has 1 atom stereocenters. The molecule has 2 fully saturated rings. The van der Waals surface area contributed by atoms with Crippen molar-refractivity contribution in [3.8, 4) is 5.75 Å². The van der Waals surface area contributed by atoms with E-state index in [1.54, 1.807) is 42.2 Å². The minimum Gasteiger partial charge on any atom is -0.488 e. The molecule has 2 aliphatic heterocycles. The highest BCUT2D eigenvalue weighted by atomic mass is 32.1. The van der Waals surface area contributed by atoms with Crippen LogP contribution in [0.15, 0.2) is 66.2 Å². The van der Waals surface area contributed by atoms with Crippen LogP contribution in [0, 0.1) is 0 Å². The molecular weight excluding hydrogens is 759 g/mol. The summed E-state index contributed by atoms with van der Waals surface area (Å²) < 4.78 is 8.13. The number of nitrogens with zero attached hydrogens (tertiary/aromatic N) is 5. The molecule has 300 valence electrons. The number of rotatable bonds is 14. The van der Waals surface area contributed by atoms with Crippen molar-refractivity contribution in [1.82, 2.24) is 40.3 Å². The Balaban J connectivity index is 0.773. The van der Waals surface area contributed by atoms with Crippen LogP contribution in [-0.4, -0.2) is 87.1 Å². The second-order valence-corrected chi connectivity index (χ2v) is 16.0. The topological polar surface area (TPSA) is 180 Å². The van der Waals surface area contributed by atoms with Gasteiger partial charge in [0.15, 0.2) is 0 Å². The Morgan fingerprint density at radius 1 is 1.00 bits per heavy atom. The second kappa shape index (κ2) is 16.8. The number of benzene rings is 2. The van der Waals surface area contributed by atoms with Gasteiger partial charge in [0.1, 0.15) is 29.7 Å². The van der Waals surface area contributed by atoms with Gasteiger partial charge in [-0.25, -0.2) is 4.98 Å². The summed E-state index contributed by atoms with van der Waals surface area (Å²) in [5.74, 6) is -0.0335. The maximum absolute atomic E-state index is 13.0. The van der Waals surface area contributed by atoms with Crippen LogP contribution in [0.1, 0.15) is 91.8 Å². The molecule has 5 aromatic rings. The van der Waals surface area contributed by atoms with Crippen molar-refractivity contribution in [2.24, 2.45) is 0 Å². The van der Waals surface area contributed by atoms with Crippen LogP contribution in [-0.2, 0) is 29.3 Å². The highest BCUT2D eigenvalue weighted by Gasteiger charge is 2.40. The zero-order valence-electron chi connectivity index (χ0n) is 32.4. The molecule has 3 aromatic heterocycles. The average molecular weight is 804 g/mol. The largest absolute Gasteiger partial charge is 0.488 e. The molecule has 15 nitrogen and oxygen atoms in total. The van der Waals surface area contributed by atoms with E-state index in [4.69, 9.17) is 9.72 Å². The first kappa shape index (κ1) is 38.7. The number of anilines is 2. The summed E-state index contributed by atoms with van der Waals surface area (Å²) in [7, 11) is 3.51. The van der Waals surface area contributed by atoms with Crippen LogP contribution in [0.5, 0.6) is 5.75 Å². The highest BCUT2D eigenvalue weighted by molar-refractivity contribution is 7.10. The Kier molecular flexibility index (Phi) is 11.2. The Bertz CT molecular complexity index is 2370. The number of aromatic nitrogens is 3. The third kappa shape index (κ3) is 8.15. The van der Waals surface area contributed by atoms with E-state index < -0.39 is 11.9 Å². The number of piperidine rings is 1. The van der Waals surface area contributed by atoms with Crippen molar-refractivity contribution >= 4 is 63.5 Å². The molecule has 16 heteroatoms. The Hall–Kier alpha value is -6.13.